The van der Waals surface area contributed by atoms with Gasteiger partial charge in [-0.15, -0.1) is 0 Å². The number of piperazine rings is 1. The van der Waals surface area contributed by atoms with Gasteiger partial charge in [0.25, 0.3) is 0 Å². The Morgan fingerprint density at radius 1 is 1.21 bits per heavy atom. The maximum Gasteiger partial charge on any atom is 0.228 e. The highest BCUT2D eigenvalue weighted by Gasteiger charge is 2.33. The largest absolute Gasteiger partial charge is 0.381 e. The fraction of sp³-hybridized carbons (Fsp3) is 0.500. The molecule has 2 atom stereocenters. The Labute approximate surface area is 205 Å². The average molecular weight is 488 g/mol. The van der Waals surface area contributed by atoms with Crippen LogP contribution in [0.2, 0.25) is 5.02 Å². The lowest BCUT2D eigenvalue weighted by atomic mass is 9.95. The van der Waals surface area contributed by atoms with Gasteiger partial charge in [-0.3, -0.25) is 19.5 Å². The highest BCUT2D eigenvalue weighted by Crippen LogP contribution is 2.26. The maximum absolute atomic E-state index is 13.9. The molecule has 0 saturated carbocycles. The predicted octanol–water partition coefficient (Wildman–Crippen LogP) is 3.99. The third-order valence-corrected chi connectivity index (χ3v) is 7.17. The van der Waals surface area contributed by atoms with E-state index in [2.05, 4.69) is 16.8 Å². The smallest absolute Gasteiger partial charge is 0.228 e. The molecule has 2 aliphatic heterocycles. The standard InChI is InChI=1S/C26H31ClFN3O3/c1-16-13-30(5-6-31(16)26(33)19-4-7-34-15-19)14-22-9-23(27)8-20(17(22)2)11-25(32)21-10-24(28)18(3)29-12-21/h8-10,12,16,19H,4-7,11,13-15H2,1-3H3/t16-,19-/m1/s1. The fourth-order valence-corrected chi connectivity index (χ4v) is 5.05. The molecule has 0 bridgehead atoms. The number of halogens is 2. The van der Waals surface area contributed by atoms with Gasteiger partial charge in [-0.25, -0.2) is 4.39 Å². The van der Waals surface area contributed by atoms with Crippen molar-refractivity contribution in [1.29, 1.82) is 0 Å². The number of nitrogens with zero attached hydrogens (tertiary/aromatic N) is 3. The van der Waals surface area contributed by atoms with Crippen LogP contribution in [-0.2, 0) is 22.5 Å². The number of carbonyl (C=O) groups is 2. The van der Waals surface area contributed by atoms with Crippen LogP contribution >= 0.6 is 11.6 Å². The Hall–Kier alpha value is -2.35. The number of benzene rings is 1. The van der Waals surface area contributed by atoms with Crippen molar-refractivity contribution in [3.63, 3.8) is 0 Å². The second-order valence-electron chi connectivity index (χ2n) is 9.42. The number of hydrogen-bond donors (Lipinski definition) is 0. The number of Topliss-reactive ketones (excluding diaryl/α,β-unsaturated/α-hetero) is 1. The summed E-state index contributed by atoms with van der Waals surface area (Å²) < 4.78 is 19.3. The molecular formula is C26H31ClFN3O3. The van der Waals surface area contributed by atoms with Gasteiger partial charge in [0.05, 0.1) is 18.2 Å². The summed E-state index contributed by atoms with van der Waals surface area (Å²) in [5.41, 5.74) is 3.42. The average Bonchev–Trinajstić information content (AvgIpc) is 3.33. The SMILES string of the molecule is Cc1ncc(C(=O)Cc2cc(Cl)cc(CN3CCN(C(=O)[C@@H]4CCOC4)[C@H](C)C3)c2C)cc1F. The highest BCUT2D eigenvalue weighted by atomic mass is 35.5. The lowest BCUT2D eigenvalue weighted by molar-refractivity contribution is -0.140. The minimum absolute atomic E-state index is 0.0125. The highest BCUT2D eigenvalue weighted by molar-refractivity contribution is 6.30. The summed E-state index contributed by atoms with van der Waals surface area (Å²) in [6.45, 7) is 9.76. The van der Waals surface area contributed by atoms with Crippen molar-refractivity contribution in [2.75, 3.05) is 32.8 Å². The van der Waals surface area contributed by atoms with Gasteiger partial charge in [0.2, 0.25) is 5.91 Å². The Balaban J connectivity index is 1.43. The molecule has 1 aromatic carbocycles. The van der Waals surface area contributed by atoms with Crippen LogP contribution in [0.4, 0.5) is 4.39 Å². The maximum atomic E-state index is 13.9. The summed E-state index contributed by atoms with van der Waals surface area (Å²) in [4.78, 5) is 33.9. The molecule has 2 aliphatic rings. The third-order valence-electron chi connectivity index (χ3n) is 6.95. The van der Waals surface area contributed by atoms with Crippen molar-refractivity contribution < 1.29 is 18.7 Å². The summed E-state index contributed by atoms with van der Waals surface area (Å²) in [5.74, 6) is -0.492. The first-order chi connectivity index (χ1) is 16.2. The molecule has 2 aromatic rings. The van der Waals surface area contributed by atoms with E-state index < -0.39 is 5.82 Å². The molecule has 0 radical (unpaired) electrons. The third kappa shape index (κ3) is 5.48. The molecule has 0 N–H and O–H groups in total. The monoisotopic (exact) mass is 487 g/mol. The zero-order valence-corrected chi connectivity index (χ0v) is 20.7. The fourth-order valence-electron chi connectivity index (χ4n) is 4.79. The van der Waals surface area contributed by atoms with Gasteiger partial charge in [0.15, 0.2) is 5.78 Å². The van der Waals surface area contributed by atoms with Gasteiger partial charge in [-0.2, -0.15) is 0 Å². The normalized spacial score (nSPS) is 21.1. The topological polar surface area (TPSA) is 62.7 Å². The molecule has 182 valence electrons. The van der Waals surface area contributed by atoms with Gasteiger partial charge in [0, 0.05) is 62.0 Å². The quantitative estimate of drug-likeness (QED) is 0.577. The Morgan fingerprint density at radius 3 is 2.65 bits per heavy atom. The lowest BCUT2D eigenvalue weighted by Gasteiger charge is -2.41. The minimum atomic E-state index is -0.485. The van der Waals surface area contributed by atoms with E-state index in [1.54, 1.807) is 13.0 Å². The van der Waals surface area contributed by atoms with Crippen molar-refractivity contribution in [1.82, 2.24) is 14.8 Å². The number of aryl methyl sites for hydroxylation is 1. The molecule has 0 aliphatic carbocycles. The molecule has 8 heteroatoms. The molecule has 2 saturated heterocycles. The first-order valence-electron chi connectivity index (χ1n) is 11.8. The second-order valence-corrected chi connectivity index (χ2v) is 9.85. The first kappa shape index (κ1) is 24.8. The van der Waals surface area contributed by atoms with E-state index in [9.17, 15) is 14.0 Å². The van der Waals surface area contributed by atoms with E-state index in [-0.39, 0.29) is 41.3 Å². The molecule has 0 unspecified atom stereocenters. The Morgan fingerprint density at radius 2 is 1.97 bits per heavy atom. The van der Waals surface area contributed by atoms with Crippen LogP contribution in [0.3, 0.4) is 0 Å². The van der Waals surface area contributed by atoms with E-state index in [0.717, 1.165) is 36.2 Å². The van der Waals surface area contributed by atoms with Gasteiger partial charge in [-0.1, -0.05) is 11.6 Å². The van der Waals surface area contributed by atoms with Gasteiger partial charge in [0.1, 0.15) is 5.82 Å². The van der Waals surface area contributed by atoms with Crippen LogP contribution in [0.5, 0.6) is 0 Å². The van der Waals surface area contributed by atoms with Crippen LogP contribution in [0.1, 0.15) is 46.1 Å². The molecule has 3 heterocycles. The number of ketones is 1. The number of aromatic nitrogens is 1. The molecule has 0 spiro atoms. The number of rotatable bonds is 6. The summed E-state index contributed by atoms with van der Waals surface area (Å²) in [6, 6.07) is 5.10. The molecular weight excluding hydrogens is 457 g/mol. The summed E-state index contributed by atoms with van der Waals surface area (Å²) in [6.07, 6.45) is 2.35. The Kier molecular flexibility index (Phi) is 7.65. The van der Waals surface area contributed by atoms with Crippen LogP contribution in [0.15, 0.2) is 24.4 Å². The van der Waals surface area contributed by atoms with Gasteiger partial charge < -0.3 is 9.64 Å². The molecule has 1 amide bonds. The van der Waals surface area contributed by atoms with Crippen LogP contribution < -0.4 is 0 Å². The van der Waals surface area contributed by atoms with E-state index in [0.29, 0.717) is 31.3 Å². The van der Waals surface area contributed by atoms with Crippen molar-refractivity contribution in [2.45, 2.75) is 46.2 Å². The number of carbonyl (C=O) groups excluding carboxylic acids is 2. The van der Waals surface area contributed by atoms with Crippen molar-refractivity contribution >= 4 is 23.3 Å². The summed E-state index contributed by atoms with van der Waals surface area (Å²) in [7, 11) is 0. The molecule has 6 nitrogen and oxygen atoms in total. The van der Waals surface area contributed by atoms with E-state index in [1.165, 1.54) is 12.3 Å². The van der Waals surface area contributed by atoms with E-state index in [1.807, 2.05) is 17.9 Å². The zero-order valence-electron chi connectivity index (χ0n) is 19.9. The van der Waals surface area contributed by atoms with Crippen LogP contribution in [0, 0.1) is 25.6 Å². The van der Waals surface area contributed by atoms with Crippen molar-refractivity contribution in [2.24, 2.45) is 5.92 Å². The zero-order chi connectivity index (χ0) is 24.4. The molecule has 2 fully saturated rings. The van der Waals surface area contributed by atoms with Crippen molar-refractivity contribution in [3.05, 3.63) is 63.2 Å². The minimum Gasteiger partial charge on any atom is -0.381 e. The number of pyridine rings is 1. The number of hydrogen-bond acceptors (Lipinski definition) is 5. The van der Waals surface area contributed by atoms with Crippen LogP contribution in [0.25, 0.3) is 0 Å². The first-order valence-corrected chi connectivity index (χ1v) is 12.1. The number of ether oxygens (including phenoxy) is 1. The lowest BCUT2D eigenvalue weighted by Crippen LogP contribution is -2.55. The predicted molar refractivity (Wildman–Crippen MR) is 129 cm³/mol. The van der Waals surface area contributed by atoms with Gasteiger partial charge >= 0.3 is 0 Å². The number of amides is 1. The molecule has 34 heavy (non-hydrogen) atoms. The second kappa shape index (κ2) is 10.5. The van der Waals surface area contributed by atoms with E-state index >= 15 is 0 Å². The van der Waals surface area contributed by atoms with Crippen LogP contribution in [-0.4, -0.2) is 65.4 Å². The molecule has 4 rings (SSSR count). The van der Waals surface area contributed by atoms with E-state index in [4.69, 9.17) is 16.3 Å². The summed E-state index contributed by atoms with van der Waals surface area (Å²) in [5, 5.41) is 0.569. The summed E-state index contributed by atoms with van der Waals surface area (Å²) >= 11 is 6.41. The Bertz CT molecular complexity index is 1090. The van der Waals surface area contributed by atoms with Gasteiger partial charge in [-0.05, 0) is 62.1 Å². The van der Waals surface area contributed by atoms with Crippen molar-refractivity contribution in [3.8, 4) is 0 Å². The molecule has 1 aromatic heterocycles.